The predicted molar refractivity (Wildman–Crippen MR) is 70.5 cm³/mol. The van der Waals surface area contributed by atoms with Gasteiger partial charge in [0.25, 0.3) is 0 Å². The quantitative estimate of drug-likeness (QED) is 0.783. The third kappa shape index (κ3) is 4.43. The van der Waals surface area contributed by atoms with Crippen LogP contribution < -0.4 is 10.6 Å². The van der Waals surface area contributed by atoms with E-state index in [0.717, 1.165) is 52.1 Å². The summed E-state index contributed by atoms with van der Waals surface area (Å²) in [5.41, 5.74) is 0. The zero-order chi connectivity index (χ0) is 13.4. The van der Waals surface area contributed by atoms with Gasteiger partial charge in [0.2, 0.25) is 0 Å². The standard InChI is InChI=1S/C9H18N2O.C3H6N2O/c1-3-5-10-7-8-11(6-4-2)9(10)12;6-3-4-1-2-5-3/h3-8H2,1-2H3;1-2H2,(H2,4,5,6). The Hall–Kier alpha value is -1.46. The van der Waals surface area contributed by atoms with Crippen molar-refractivity contribution in [1.82, 2.24) is 20.4 Å². The molecule has 104 valence electrons. The van der Waals surface area contributed by atoms with Gasteiger partial charge in [-0.3, -0.25) is 0 Å². The molecular weight excluding hydrogens is 232 g/mol. The maximum Gasteiger partial charge on any atom is 0.320 e. The minimum absolute atomic E-state index is 0.0463. The van der Waals surface area contributed by atoms with E-state index in [1.165, 1.54) is 0 Å². The number of carbonyl (C=O) groups is 2. The van der Waals surface area contributed by atoms with Gasteiger partial charge in [0.15, 0.2) is 0 Å². The van der Waals surface area contributed by atoms with Gasteiger partial charge in [0, 0.05) is 39.3 Å². The Bertz CT molecular complexity index is 259. The summed E-state index contributed by atoms with van der Waals surface area (Å²) >= 11 is 0. The first kappa shape index (κ1) is 14.6. The molecule has 0 radical (unpaired) electrons. The van der Waals surface area contributed by atoms with Gasteiger partial charge in [-0.05, 0) is 12.8 Å². The van der Waals surface area contributed by atoms with Gasteiger partial charge >= 0.3 is 12.1 Å². The van der Waals surface area contributed by atoms with Crippen LogP contribution in [0.4, 0.5) is 9.59 Å². The van der Waals surface area contributed by atoms with E-state index in [9.17, 15) is 9.59 Å². The van der Waals surface area contributed by atoms with Gasteiger partial charge in [-0.15, -0.1) is 0 Å². The number of amides is 4. The average Bonchev–Trinajstić information content (AvgIpc) is 2.95. The van der Waals surface area contributed by atoms with Crippen molar-refractivity contribution < 1.29 is 9.59 Å². The lowest BCUT2D eigenvalue weighted by Gasteiger charge is -2.16. The predicted octanol–water partition coefficient (Wildman–Crippen LogP) is 0.843. The van der Waals surface area contributed by atoms with Gasteiger partial charge < -0.3 is 20.4 Å². The minimum atomic E-state index is -0.0463. The first-order valence-corrected chi connectivity index (χ1v) is 6.74. The Morgan fingerprint density at radius 3 is 1.67 bits per heavy atom. The molecule has 2 rings (SSSR count). The molecule has 2 heterocycles. The van der Waals surface area contributed by atoms with E-state index in [1.807, 2.05) is 9.80 Å². The summed E-state index contributed by atoms with van der Waals surface area (Å²) in [4.78, 5) is 25.4. The third-order valence-corrected chi connectivity index (χ3v) is 2.86. The van der Waals surface area contributed by atoms with Crippen molar-refractivity contribution in [2.75, 3.05) is 39.3 Å². The van der Waals surface area contributed by atoms with Gasteiger partial charge in [0.1, 0.15) is 0 Å². The Morgan fingerprint density at radius 1 is 0.944 bits per heavy atom. The molecule has 6 nitrogen and oxygen atoms in total. The summed E-state index contributed by atoms with van der Waals surface area (Å²) in [6.07, 6.45) is 2.12. The van der Waals surface area contributed by atoms with Crippen molar-refractivity contribution in [2.24, 2.45) is 0 Å². The van der Waals surface area contributed by atoms with E-state index in [1.54, 1.807) is 0 Å². The maximum atomic E-state index is 11.5. The van der Waals surface area contributed by atoms with E-state index in [2.05, 4.69) is 24.5 Å². The molecule has 2 aliphatic rings. The van der Waals surface area contributed by atoms with Crippen molar-refractivity contribution in [3.8, 4) is 0 Å². The molecule has 0 aromatic rings. The number of nitrogens with zero attached hydrogens (tertiary/aromatic N) is 2. The van der Waals surface area contributed by atoms with Crippen LogP contribution in [-0.4, -0.2) is 61.1 Å². The van der Waals surface area contributed by atoms with Crippen molar-refractivity contribution in [2.45, 2.75) is 26.7 Å². The van der Waals surface area contributed by atoms with Gasteiger partial charge in [0.05, 0.1) is 0 Å². The van der Waals surface area contributed by atoms with Crippen LogP contribution in [0.5, 0.6) is 0 Å². The molecule has 0 aromatic heterocycles. The summed E-state index contributed by atoms with van der Waals surface area (Å²) < 4.78 is 0. The van der Waals surface area contributed by atoms with Crippen LogP contribution in [-0.2, 0) is 0 Å². The monoisotopic (exact) mass is 256 g/mol. The molecule has 0 aliphatic carbocycles. The molecule has 0 atom stereocenters. The van der Waals surface area contributed by atoms with Gasteiger partial charge in [-0.25, -0.2) is 9.59 Å². The summed E-state index contributed by atoms with van der Waals surface area (Å²) in [6, 6.07) is 0.189. The van der Waals surface area contributed by atoms with Crippen molar-refractivity contribution in [3.63, 3.8) is 0 Å². The fourth-order valence-corrected chi connectivity index (χ4v) is 2.00. The highest BCUT2D eigenvalue weighted by Gasteiger charge is 2.26. The largest absolute Gasteiger partial charge is 0.336 e. The maximum absolute atomic E-state index is 11.5. The summed E-state index contributed by atoms with van der Waals surface area (Å²) in [6.45, 7) is 9.45. The van der Waals surface area contributed by atoms with Crippen LogP contribution in [0.3, 0.4) is 0 Å². The second kappa shape index (κ2) is 7.79. The Balaban J connectivity index is 0.000000225. The van der Waals surface area contributed by atoms with Crippen molar-refractivity contribution in [1.29, 1.82) is 0 Å². The molecule has 2 saturated heterocycles. The molecule has 2 fully saturated rings. The Kier molecular flexibility index (Phi) is 6.32. The van der Waals surface area contributed by atoms with Crippen LogP contribution in [0.1, 0.15) is 26.7 Å². The SMILES string of the molecule is CCCN1CCN(CCC)C1=O.O=C1NCCN1. The molecule has 2 N–H and O–H groups in total. The highest BCUT2D eigenvalue weighted by Crippen LogP contribution is 2.08. The molecule has 0 unspecified atom stereocenters. The van der Waals surface area contributed by atoms with Crippen LogP contribution in [0.25, 0.3) is 0 Å². The molecule has 0 aromatic carbocycles. The molecule has 4 amide bonds. The molecule has 0 saturated carbocycles. The van der Waals surface area contributed by atoms with Crippen molar-refractivity contribution in [3.05, 3.63) is 0 Å². The lowest BCUT2D eigenvalue weighted by Crippen LogP contribution is -2.32. The first-order valence-electron chi connectivity index (χ1n) is 6.74. The zero-order valence-electron chi connectivity index (χ0n) is 11.4. The molecular formula is C12H24N4O2. The number of rotatable bonds is 4. The Labute approximate surface area is 109 Å². The molecule has 0 spiro atoms. The molecule has 2 aliphatic heterocycles. The smallest absolute Gasteiger partial charge is 0.320 e. The van der Waals surface area contributed by atoms with E-state index in [4.69, 9.17) is 0 Å². The lowest BCUT2D eigenvalue weighted by atomic mass is 10.4. The minimum Gasteiger partial charge on any atom is -0.336 e. The van der Waals surface area contributed by atoms with Crippen LogP contribution in [0.15, 0.2) is 0 Å². The van der Waals surface area contributed by atoms with Crippen LogP contribution in [0.2, 0.25) is 0 Å². The van der Waals surface area contributed by atoms with Crippen molar-refractivity contribution >= 4 is 12.1 Å². The van der Waals surface area contributed by atoms with E-state index in [0.29, 0.717) is 0 Å². The first-order chi connectivity index (χ1) is 8.69. The lowest BCUT2D eigenvalue weighted by molar-refractivity contribution is 0.192. The number of nitrogens with one attached hydrogen (secondary N) is 2. The van der Waals surface area contributed by atoms with E-state index >= 15 is 0 Å². The normalized spacial score (nSPS) is 18.3. The highest BCUT2D eigenvalue weighted by molar-refractivity contribution is 5.76. The summed E-state index contributed by atoms with van der Waals surface area (Å²) in [7, 11) is 0. The number of hydrogen-bond donors (Lipinski definition) is 2. The number of carbonyl (C=O) groups excluding carboxylic acids is 2. The van der Waals surface area contributed by atoms with Crippen LogP contribution in [0, 0.1) is 0 Å². The number of urea groups is 2. The average molecular weight is 256 g/mol. The second-order valence-electron chi connectivity index (χ2n) is 4.44. The fraction of sp³-hybridized carbons (Fsp3) is 0.833. The fourth-order valence-electron chi connectivity index (χ4n) is 2.00. The van der Waals surface area contributed by atoms with E-state index < -0.39 is 0 Å². The summed E-state index contributed by atoms with van der Waals surface area (Å²) in [5, 5.41) is 5.14. The Morgan fingerprint density at radius 2 is 1.39 bits per heavy atom. The molecule has 0 bridgehead atoms. The second-order valence-corrected chi connectivity index (χ2v) is 4.44. The number of hydrogen-bond acceptors (Lipinski definition) is 2. The van der Waals surface area contributed by atoms with E-state index in [-0.39, 0.29) is 12.1 Å². The topological polar surface area (TPSA) is 64.7 Å². The molecule has 18 heavy (non-hydrogen) atoms. The summed E-state index contributed by atoms with van der Waals surface area (Å²) in [5.74, 6) is 0. The highest BCUT2D eigenvalue weighted by atomic mass is 16.2. The zero-order valence-corrected chi connectivity index (χ0v) is 11.4. The molecule has 6 heteroatoms. The third-order valence-electron chi connectivity index (χ3n) is 2.86. The van der Waals surface area contributed by atoms with Gasteiger partial charge in [-0.1, -0.05) is 13.8 Å². The van der Waals surface area contributed by atoms with Gasteiger partial charge in [-0.2, -0.15) is 0 Å². The van der Waals surface area contributed by atoms with Crippen LogP contribution >= 0.6 is 0 Å².